The van der Waals surface area contributed by atoms with Gasteiger partial charge in [-0.2, -0.15) is 0 Å². The van der Waals surface area contributed by atoms with Gasteiger partial charge in [0.15, 0.2) is 0 Å². The standard InChI is InChI=1S/C20H26N2/c1-2-13-22-16-20(18-11-7-4-8-12-18)21-15-19(22)14-17-9-5-3-6-10-17/h3-12,19-21H,2,13-16H2,1H3. The average Bonchev–Trinajstić information content (AvgIpc) is 2.58. The summed E-state index contributed by atoms with van der Waals surface area (Å²) in [6.07, 6.45) is 2.35. The Morgan fingerprint density at radius 1 is 1.00 bits per heavy atom. The Labute approximate surface area is 134 Å². The van der Waals surface area contributed by atoms with E-state index in [1.54, 1.807) is 0 Å². The summed E-state index contributed by atoms with van der Waals surface area (Å²) in [7, 11) is 0. The van der Waals surface area contributed by atoms with E-state index in [9.17, 15) is 0 Å². The largest absolute Gasteiger partial charge is 0.307 e. The zero-order chi connectivity index (χ0) is 15.2. The number of hydrogen-bond acceptors (Lipinski definition) is 2. The van der Waals surface area contributed by atoms with Crippen molar-refractivity contribution in [2.45, 2.75) is 31.8 Å². The summed E-state index contributed by atoms with van der Waals surface area (Å²) in [6, 6.07) is 22.8. The second-order valence-electron chi connectivity index (χ2n) is 6.21. The topological polar surface area (TPSA) is 15.3 Å². The molecule has 2 aromatic carbocycles. The predicted octanol–water partition coefficient (Wildman–Crippen LogP) is 3.65. The number of benzene rings is 2. The molecule has 0 amide bonds. The molecule has 116 valence electrons. The first-order chi connectivity index (χ1) is 10.9. The van der Waals surface area contributed by atoms with Crippen molar-refractivity contribution >= 4 is 0 Å². The Morgan fingerprint density at radius 2 is 1.68 bits per heavy atom. The summed E-state index contributed by atoms with van der Waals surface area (Å²) < 4.78 is 0. The van der Waals surface area contributed by atoms with E-state index in [4.69, 9.17) is 0 Å². The van der Waals surface area contributed by atoms with Crippen molar-refractivity contribution in [2.24, 2.45) is 0 Å². The molecule has 1 aliphatic heterocycles. The fourth-order valence-corrected chi connectivity index (χ4v) is 3.41. The molecule has 2 unspecified atom stereocenters. The number of rotatable bonds is 5. The van der Waals surface area contributed by atoms with Crippen LogP contribution >= 0.6 is 0 Å². The average molecular weight is 294 g/mol. The van der Waals surface area contributed by atoms with Crippen molar-refractivity contribution in [3.8, 4) is 0 Å². The Kier molecular flexibility index (Phi) is 5.25. The van der Waals surface area contributed by atoms with Gasteiger partial charge in [-0.05, 0) is 30.5 Å². The molecule has 0 aromatic heterocycles. The fourth-order valence-electron chi connectivity index (χ4n) is 3.41. The second-order valence-corrected chi connectivity index (χ2v) is 6.21. The lowest BCUT2D eigenvalue weighted by Gasteiger charge is -2.40. The lowest BCUT2D eigenvalue weighted by molar-refractivity contribution is 0.129. The fraction of sp³-hybridized carbons (Fsp3) is 0.400. The minimum absolute atomic E-state index is 0.458. The normalized spacial score (nSPS) is 22.6. The van der Waals surface area contributed by atoms with Crippen molar-refractivity contribution in [2.75, 3.05) is 19.6 Å². The van der Waals surface area contributed by atoms with E-state index in [-0.39, 0.29) is 0 Å². The zero-order valence-electron chi connectivity index (χ0n) is 13.4. The highest BCUT2D eigenvalue weighted by molar-refractivity contribution is 5.21. The molecule has 0 aliphatic carbocycles. The highest BCUT2D eigenvalue weighted by atomic mass is 15.2. The van der Waals surface area contributed by atoms with Gasteiger partial charge in [-0.1, -0.05) is 67.6 Å². The van der Waals surface area contributed by atoms with E-state index >= 15 is 0 Å². The quantitative estimate of drug-likeness (QED) is 0.905. The van der Waals surface area contributed by atoms with Gasteiger partial charge >= 0.3 is 0 Å². The minimum atomic E-state index is 0.458. The third kappa shape index (κ3) is 3.76. The molecule has 2 atom stereocenters. The monoisotopic (exact) mass is 294 g/mol. The van der Waals surface area contributed by atoms with Crippen molar-refractivity contribution in [3.63, 3.8) is 0 Å². The van der Waals surface area contributed by atoms with Crippen LogP contribution in [0, 0.1) is 0 Å². The summed E-state index contributed by atoms with van der Waals surface area (Å²) in [5.74, 6) is 0. The predicted molar refractivity (Wildman–Crippen MR) is 93.0 cm³/mol. The number of nitrogens with zero attached hydrogens (tertiary/aromatic N) is 1. The van der Waals surface area contributed by atoms with Gasteiger partial charge in [-0.3, -0.25) is 4.90 Å². The van der Waals surface area contributed by atoms with Gasteiger partial charge in [0, 0.05) is 25.2 Å². The van der Waals surface area contributed by atoms with Gasteiger partial charge in [-0.15, -0.1) is 0 Å². The maximum absolute atomic E-state index is 3.75. The molecule has 0 spiro atoms. The van der Waals surface area contributed by atoms with E-state index in [0.717, 1.165) is 19.5 Å². The lowest BCUT2D eigenvalue weighted by atomic mass is 9.97. The van der Waals surface area contributed by atoms with Crippen molar-refractivity contribution in [1.82, 2.24) is 10.2 Å². The van der Waals surface area contributed by atoms with Crippen LogP contribution in [0.25, 0.3) is 0 Å². The lowest BCUT2D eigenvalue weighted by Crippen LogP contribution is -2.53. The van der Waals surface area contributed by atoms with Crippen LogP contribution in [-0.2, 0) is 6.42 Å². The smallest absolute Gasteiger partial charge is 0.0449 e. The van der Waals surface area contributed by atoms with Crippen LogP contribution in [-0.4, -0.2) is 30.6 Å². The maximum Gasteiger partial charge on any atom is 0.0449 e. The van der Waals surface area contributed by atoms with Gasteiger partial charge in [0.25, 0.3) is 0 Å². The van der Waals surface area contributed by atoms with E-state index in [0.29, 0.717) is 12.1 Å². The number of hydrogen-bond donors (Lipinski definition) is 1. The van der Waals surface area contributed by atoms with Gasteiger partial charge in [-0.25, -0.2) is 0 Å². The Bertz CT molecular complexity index is 552. The highest BCUT2D eigenvalue weighted by Crippen LogP contribution is 2.22. The first kappa shape index (κ1) is 15.3. The molecule has 2 aromatic rings. The summed E-state index contributed by atoms with van der Waals surface area (Å²) in [5.41, 5.74) is 2.84. The first-order valence-electron chi connectivity index (χ1n) is 8.43. The molecule has 1 heterocycles. The Morgan fingerprint density at radius 3 is 2.36 bits per heavy atom. The molecule has 0 saturated carbocycles. The third-order valence-corrected chi connectivity index (χ3v) is 4.56. The van der Waals surface area contributed by atoms with Crippen LogP contribution in [0.1, 0.15) is 30.5 Å². The van der Waals surface area contributed by atoms with Crippen molar-refractivity contribution < 1.29 is 0 Å². The van der Waals surface area contributed by atoms with E-state index in [1.807, 2.05) is 0 Å². The SMILES string of the molecule is CCCN1CC(c2ccccc2)NCC1Cc1ccccc1. The van der Waals surface area contributed by atoms with Crippen LogP contribution in [0.3, 0.4) is 0 Å². The summed E-state index contributed by atoms with van der Waals surface area (Å²) in [5, 5.41) is 3.75. The molecule has 1 saturated heterocycles. The van der Waals surface area contributed by atoms with Gasteiger partial charge in [0.1, 0.15) is 0 Å². The molecule has 0 radical (unpaired) electrons. The van der Waals surface area contributed by atoms with E-state index in [2.05, 4.69) is 77.8 Å². The Hall–Kier alpha value is -1.64. The van der Waals surface area contributed by atoms with Crippen LogP contribution < -0.4 is 5.32 Å². The Balaban J connectivity index is 1.68. The summed E-state index contributed by atoms with van der Waals surface area (Å²) in [4.78, 5) is 2.67. The van der Waals surface area contributed by atoms with Crippen LogP contribution in [0.15, 0.2) is 60.7 Å². The molecule has 1 N–H and O–H groups in total. The number of nitrogens with one attached hydrogen (secondary N) is 1. The van der Waals surface area contributed by atoms with Crippen molar-refractivity contribution in [3.05, 3.63) is 71.8 Å². The first-order valence-corrected chi connectivity index (χ1v) is 8.43. The molecule has 1 aliphatic rings. The molecule has 3 rings (SSSR count). The minimum Gasteiger partial charge on any atom is -0.307 e. The van der Waals surface area contributed by atoms with Gasteiger partial charge in [0.2, 0.25) is 0 Å². The second kappa shape index (κ2) is 7.57. The van der Waals surface area contributed by atoms with E-state index < -0.39 is 0 Å². The molecular weight excluding hydrogens is 268 g/mol. The maximum atomic E-state index is 3.75. The molecule has 1 fully saturated rings. The third-order valence-electron chi connectivity index (χ3n) is 4.56. The zero-order valence-corrected chi connectivity index (χ0v) is 13.4. The van der Waals surface area contributed by atoms with E-state index in [1.165, 1.54) is 24.1 Å². The van der Waals surface area contributed by atoms with Crippen LogP contribution in [0.5, 0.6) is 0 Å². The number of piperazine rings is 1. The van der Waals surface area contributed by atoms with Crippen LogP contribution in [0.4, 0.5) is 0 Å². The summed E-state index contributed by atoms with van der Waals surface area (Å²) in [6.45, 7) is 5.63. The molecule has 22 heavy (non-hydrogen) atoms. The molecule has 0 bridgehead atoms. The highest BCUT2D eigenvalue weighted by Gasteiger charge is 2.27. The van der Waals surface area contributed by atoms with Gasteiger partial charge in [0.05, 0.1) is 0 Å². The van der Waals surface area contributed by atoms with Crippen LogP contribution in [0.2, 0.25) is 0 Å². The molecule has 2 heteroatoms. The van der Waals surface area contributed by atoms with Crippen molar-refractivity contribution in [1.29, 1.82) is 0 Å². The summed E-state index contributed by atoms with van der Waals surface area (Å²) >= 11 is 0. The van der Waals surface area contributed by atoms with Gasteiger partial charge < -0.3 is 5.32 Å². The molecule has 2 nitrogen and oxygen atoms in total. The molecular formula is C20H26N2.